The van der Waals surface area contributed by atoms with Crippen LogP contribution in [-0.4, -0.2) is 48.9 Å². The summed E-state index contributed by atoms with van der Waals surface area (Å²) in [5.41, 5.74) is 0.875. The molecule has 1 aliphatic heterocycles. The summed E-state index contributed by atoms with van der Waals surface area (Å²) in [6, 6.07) is 5.10. The summed E-state index contributed by atoms with van der Waals surface area (Å²) in [5.74, 6) is 0.0805. The smallest absolute Gasteiger partial charge is 0.289 e. The van der Waals surface area contributed by atoms with Crippen LogP contribution >= 0.6 is 0 Å². The molecule has 22 heavy (non-hydrogen) atoms. The summed E-state index contributed by atoms with van der Waals surface area (Å²) in [7, 11) is 4.05. The molecule has 0 aliphatic carbocycles. The van der Waals surface area contributed by atoms with Crippen LogP contribution in [-0.2, 0) is 0 Å². The Hall–Kier alpha value is -1.88. The fraction of sp³-hybridized carbons (Fsp3) is 0.471. The number of fused-ring (bicyclic) bond motifs is 1. The molecule has 2 aromatic rings. The van der Waals surface area contributed by atoms with Gasteiger partial charge < -0.3 is 14.2 Å². The van der Waals surface area contributed by atoms with Crippen molar-refractivity contribution in [3.63, 3.8) is 0 Å². The van der Waals surface area contributed by atoms with Crippen molar-refractivity contribution < 1.29 is 13.6 Å². The predicted molar refractivity (Wildman–Crippen MR) is 83.5 cm³/mol. The highest BCUT2D eigenvalue weighted by atomic mass is 19.1. The fourth-order valence-corrected chi connectivity index (χ4v) is 3.34. The number of rotatable bonds is 2. The number of aryl methyl sites for hydroxylation is 1. The quantitative estimate of drug-likeness (QED) is 0.856. The molecule has 0 unspecified atom stereocenters. The van der Waals surface area contributed by atoms with Gasteiger partial charge in [0.15, 0.2) is 17.2 Å². The second-order valence-corrected chi connectivity index (χ2v) is 6.39. The Labute approximate surface area is 129 Å². The minimum absolute atomic E-state index is 0.149. The first kappa shape index (κ1) is 15.0. The number of amides is 1. The molecule has 3 rings (SSSR count). The van der Waals surface area contributed by atoms with Crippen molar-refractivity contribution in [1.29, 1.82) is 0 Å². The Bertz CT molecular complexity index is 723. The van der Waals surface area contributed by atoms with Gasteiger partial charge in [0, 0.05) is 30.1 Å². The zero-order valence-electron chi connectivity index (χ0n) is 13.4. The lowest BCUT2D eigenvalue weighted by molar-refractivity contribution is 0.0751. The lowest BCUT2D eigenvalue weighted by Crippen LogP contribution is -2.35. The summed E-state index contributed by atoms with van der Waals surface area (Å²) in [5, 5.41) is 0.666. The number of halogens is 1. The standard InChI is InChI=1S/C17H21FN2O2/c1-10-8-20(9-14(10)19(3)4)17(21)15-11(2)12-6-5-7-13(18)16(12)22-15/h5-7,10,14H,8-9H2,1-4H3/t10-,14+/m0/s1. The number of likely N-dealkylation sites (tertiary alicyclic amines) is 1. The number of likely N-dealkylation sites (N-methyl/N-ethyl adjacent to an activating group) is 1. The molecule has 5 heteroatoms. The van der Waals surface area contributed by atoms with Crippen molar-refractivity contribution in [3.05, 3.63) is 35.3 Å². The lowest BCUT2D eigenvalue weighted by Gasteiger charge is -2.22. The van der Waals surface area contributed by atoms with Gasteiger partial charge in [0.25, 0.3) is 5.91 Å². The second kappa shape index (κ2) is 5.39. The molecular formula is C17H21FN2O2. The number of para-hydroxylation sites is 1. The van der Waals surface area contributed by atoms with Gasteiger partial charge in [-0.1, -0.05) is 19.1 Å². The Morgan fingerprint density at radius 2 is 2.09 bits per heavy atom. The Balaban J connectivity index is 1.94. The van der Waals surface area contributed by atoms with Crippen molar-refractivity contribution in [2.24, 2.45) is 5.92 Å². The largest absolute Gasteiger partial charge is 0.448 e. The maximum atomic E-state index is 13.8. The first-order chi connectivity index (χ1) is 10.4. The molecule has 0 bridgehead atoms. The first-order valence-electron chi connectivity index (χ1n) is 7.53. The van der Waals surface area contributed by atoms with E-state index in [9.17, 15) is 9.18 Å². The van der Waals surface area contributed by atoms with Gasteiger partial charge in [0.2, 0.25) is 0 Å². The van der Waals surface area contributed by atoms with Gasteiger partial charge in [-0.2, -0.15) is 0 Å². The molecule has 1 saturated heterocycles. The molecule has 1 aromatic heterocycles. The molecule has 1 aliphatic rings. The van der Waals surface area contributed by atoms with E-state index in [-0.39, 0.29) is 17.3 Å². The number of benzene rings is 1. The van der Waals surface area contributed by atoms with E-state index in [1.165, 1.54) is 6.07 Å². The van der Waals surface area contributed by atoms with E-state index in [2.05, 4.69) is 11.8 Å². The van der Waals surface area contributed by atoms with E-state index >= 15 is 0 Å². The molecule has 4 nitrogen and oxygen atoms in total. The van der Waals surface area contributed by atoms with Crippen LogP contribution in [0.5, 0.6) is 0 Å². The Kier molecular flexibility index (Phi) is 3.68. The fourth-order valence-electron chi connectivity index (χ4n) is 3.34. The van der Waals surface area contributed by atoms with Crippen LogP contribution in [0.1, 0.15) is 23.0 Å². The second-order valence-electron chi connectivity index (χ2n) is 6.39. The maximum Gasteiger partial charge on any atom is 0.289 e. The monoisotopic (exact) mass is 304 g/mol. The van der Waals surface area contributed by atoms with Crippen molar-refractivity contribution in [3.8, 4) is 0 Å². The van der Waals surface area contributed by atoms with Gasteiger partial charge in [0.05, 0.1) is 0 Å². The Morgan fingerprint density at radius 1 is 1.36 bits per heavy atom. The SMILES string of the molecule is Cc1c(C(=O)N2C[C@@H](N(C)C)[C@@H](C)C2)oc2c(F)cccc12. The molecule has 2 heterocycles. The highest BCUT2D eigenvalue weighted by Gasteiger charge is 2.35. The third kappa shape index (κ3) is 2.29. The van der Waals surface area contributed by atoms with Crippen molar-refractivity contribution >= 4 is 16.9 Å². The van der Waals surface area contributed by atoms with Crippen molar-refractivity contribution in [1.82, 2.24) is 9.80 Å². The topological polar surface area (TPSA) is 36.7 Å². The molecule has 0 spiro atoms. The third-order valence-corrected chi connectivity index (χ3v) is 4.63. The number of carbonyl (C=O) groups is 1. The molecule has 1 aromatic carbocycles. The van der Waals surface area contributed by atoms with E-state index in [0.717, 1.165) is 0 Å². The van der Waals surface area contributed by atoms with Crippen LogP contribution in [0.25, 0.3) is 11.0 Å². The van der Waals surface area contributed by atoms with Crippen LogP contribution in [0, 0.1) is 18.7 Å². The van der Waals surface area contributed by atoms with Crippen molar-refractivity contribution in [2.75, 3.05) is 27.2 Å². The summed E-state index contributed by atoms with van der Waals surface area (Å²) in [4.78, 5) is 16.7. The number of furan rings is 1. The van der Waals surface area contributed by atoms with Gasteiger partial charge in [-0.25, -0.2) is 4.39 Å². The number of hydrogen-bond acceptors (Lipinski definition) is 3. The summed E-state index contributed by atoms with van der Waals surface area (Å²) in [6.45, 7) is 5.32. The van der Waals surface area contributed by atoms with Crippen LogP contribution in [0.3, 0.4) is 0 Å². The van der Waals surface area contributed by atoms with Gasteiger partial charge in [-0.3, -0.25) is 4.79 Å². The van der Waals surface area contributed by atoms with E-state index in [4.69, 9.17) is 4.42 Å². The average Bonchev–Trinajstić information content (AvgIpc) is 3.01. The van der Waals surface area contributed by atoms with Crippen LogP contribution in [0.2, 0.25) is 0 Å². The molecule has 0 saturated carbocycles. The van der Waals surface area contributed by atoms with Crippen LogP contribution in [0.4, 0.5) is 4.39 Å². The number of carbonyl (C=O) groups excluding carboxylic acids is 1. The third-order valence-electron chi connectivity index (χ3n) is 4.63. The van der Waals surface area contributed by atoms with Gasteiger partial charge in [0.1, 0.15) is 0 Å². The predicted octanol–water partition coefficient (Wildman–Crippen LogP) is 2.90. The number of nitrogens with zero attached hydrogens (tertiary/aromatic N) is 2. The van der Waals surface area contributed by atoms with E-state index < -0.39 is 5.82 Å². The van der Waals surface area contributed by atoms with Gasteiger partial charge in [-0.05, 0) is 33.0 Å². The van der Waals surface area contributed by atoms with Gasteiger partial charge in [-0.15, -0.1) is 0 Å². The zero-order valence-corrected chi connectivity index (χ0v) is 13.4. The molecule has 1 amide bonds. The van der Waals surface area contributed by atoms with Crippen LogP contribution < -0.4 is 0 Å². The summed E-state index contributed by atoms with van der Waals surface area (Å²) in [6.07, 6.45) is 0. The molecule has 0 N–H and O–H groups in total. The van der Waals surface area contributed by atoms with Gasteiger partial charge >= 0.3 is 0 Å². The molecule has 1 fully saturated rings. The summed E-state index contributed by atoms with van der Waals surface area (Å²) < 4.78 is 19.4. The Morgan fingerprint density at radius 3 is 2.68 bits per heavy atom. The van der Waals surface area contributed by atoms with Crippen LogP contribution in [0.15, 0.2) is 22.6 Å². The highest BCUT2D eigenvalue weighted by Crippen LogP contribution is 2.30. The maximum absolute atomic E-state index is 13.8. The molecule has 118 valence electrons. The summed E-state index contributed by atoms with van der Waals surface area (Å²) >= 11 is 0. The lowest BCUT2D eigenvalue weighted by atomic mass is 10.1. The minimum atomic E-state index is -0.430. The van der Waals surface area contributed by atoms with E-state index in [0.29, 0.717) is 36.0 Å². The highest BCUT2D eigenvalue weighted by molar-refractivity contribution is 5.99. The molecule has 2 atom stereocenters. The average molecular weight is 304 g/mol. The molecule has 0 radical (unpaired) electrons. The van der Waals surface area contributed by atoms with Crippen molar-refractivity contribution in [2.45, 2.75) is 19.9 Å². The zero-order chi connectivity index (χ0) is 16.0. The first-order valence-corrected chi connectivity index (χ1v) is 7.53. The van der Waals surface area contributed by atoms with E-state index in [1.54, 1.807) is 24.0 Å². The minimum Gasteiger partial charge on any atom is -0.448 e. The van der Waals surface area contributed by atoms with E-state index in [1.807, 2.05) is 14.1 Å². The normalized spacial score (nSPS) is 22.0. The molecular weight excluding hydrogens is 283 g/mol. The number of hydrogen-bond donors (Lipinski definition) is 0.